The van der Waals surface area contributed by atoms with Gasteiger partial charge in [-0.25, -0.2) is 0 Å². The molecule has 1 aromatic carbocycles. The molecule has 0 aliphatic carbocycles. The predicted octanol–water partition coefficient (Wildman–Crippen LogP) is 1.45. The minimum absolute atomic E-state index is 0.254. The third-order valence-corrected chi connectivity index (χ3v) is 3.61. The number of nitrogens with one attached hydrogen (secondary N) is 1. The number of methoxy groups -OCH3 is 1. The van der Waals surface area contributed by atoms with Crippen LogP contribution in [0.15, 0.2) is 24.3 Å². The Hall–Kier alpha value is -1.55. The van der Waals surface area contributed by atoms with Gasteiger partial charge in [-0.15, -0.1) is 0 Å². The molecule has 19 heavy (non-hydrogen) atoms. The Bertz CT molecular complexity index is 417. The molecule has 1 aliphatic heterocycles. The third-order valence-electron chi connectivity index (χ3n) is 3.61. The topological polar surface area (TPSA) is 41.6 Å². The van der Waals surface area contributed by atoms with E-state index in [9.17, 15) is 4.79 Å². The molecule has 4 heteroatoms. The molecular formula is C15H22N2O2. The summed E-state index contributed by atoms with van der Waals surface area (Å²) in [5, 5.41) is 3.30. The van der Waals surface area contributed by atoms with Gasteiger partial charge in [0.15, 0.2) is 0 Å². The molecule has 2 rings (SSSR count). The number of hydrogen-bond acceptors (Lipinski definition) is 3. The van der Waals surface area contributed by atoms with E-state index < -0.39 is 0 Å². The van der Waals surface area contributed by atoms with E-state index in [0.29, 0.717) is 12.5 Å². The van der Waals surface area contributed by atoms with Crippen molar-refractivity contribution in [3.63, 3.8) is 0 Å². The van der Waals surface area contributed by atoms with Crippen LogP contribution >= 0.6 is 0 Å². The van der Waals surface area contributed by atoms with Gasteiger partial charge in [0.05, 0.1) is 7.11 Å². The molecule has 1 aromatic rings. The Morgan fingerprint density at radius 2 is 2.16 bits per heavy atom. The van der Waals surface area contributed by atoms with E-state index in [4.69, 9.17) is 4.74 Å². The van der Waals surface area contributed by atoms with E-state index in [-0.39, 0.29) is 5.91 Å². The molecule has 1 heterocycles. The molecule has 0 spiro atoms. The van der Waals surface area contributed by atoms with Crippen molar-refractivity contribution >= 4 is 5.91 Å². The Kier molecular flexibility index (Phi) is 4.80. The van der Waals surface area contributed by atoms with E-state index in [1.165, 1.54) is 5.56 Å². The van der Waals surface area contributed by atoms with Gasteiger partial charge in [-0.1, -0.05) is 12.1 Å². The highest BCUT2D eigenvalue weighted by Gasteiger charge is 2.22. The first kappa shape index (κ1) is 13.9. The molecule has 1 fully saturated rings. The average molecular weight is 262 g/mol. The molecule has 0 unspecified atom stereocenters. The van der Waals surface area contributed by atoms with E-state index in [0.717, 1.165) is 31.8 Å². The number of carbonyl (C=O) groups excluding carboxylic acids is 1. The number of amides is 1. The summed E-state index contributed by atoms with van der Waals surface area (Å²) in [5.41, 5.74) is 1.18. The molecule has 1 aliphatic rings. The number of benzene rings is 1. The van der Waals surface area contributed by atoms with Crippen molar-refractivity contribution < 1.29 is 9.53 Å². The number of rotatable bonds is 4. The molecule has 0 bridgehead atoms. The number of ether oxygens (including phenoxy) is 1. The molecule has 1 N–H and O–H groups in total. The van der Waals surface area contributed by atoms with Gasteiger partial charge in [-0.2, -0.15) is 0 Å². The zero-order valence-electron chi connectivity index (χ0n) is 11.7. The van der Waals surface area contributed by atoms with Crippen LogP contribution in [0.2, 0.25) is 0 Å². The van der Waals surface area contributed by atoms with Crippen LogP contribution in [-0.4, -0.2) is 43.6 Å². The molecule has 104 valence electrons. The maximum atomic E-state index is 12.2. The van der Waals surface area contributed by atoms with Crippen molar-refractivity contribution in [2.24, 2.45) is 0 Å². The second-order valence-electron chi connectivity index (χ2n) is 4.99. The van der Waals surface area contributed by atoms with Gasteiger partial charge >= 0.3 is 0 Å². The zero-order valence-corrected chi connectivity index (χ0v) is 11.7. The SMILES string of the molecule is COc1ccc(CCC(=O)N2CCNC[C@@H]2C)cc1. The van der Waals surface area contributed by atoms with Gasteiger partial charge < -0.3 is 15.0 Å². The Balaban J connectivity index is 1.85. The van der Waals surface area contributed by atoms with Crippen LogP contribution in [0.25, 0.3) is 0 Å². The third kappa shape index (κ3) is 3.70. The predicted molar refractivity (Wildman–Crippen MR) is 75.4 cm³/mol. The highest BCUT2D eigenvalue weighted by Crippen LogP contribution is 2.14. The van der Waals surface area contributed by atoms with Gasteiger partial charge in [0.2, 0.25) is 5.91 Å². The van der Waals surface area contributed by atoms with Gasteiger partial charge in [0.25, 0.3) is 0 Å². The minimum Gasteiger partial charge on any atom is -0.497 e. The van der Waals surface area contributed by atoms with Crippen molar-refractivity contribution in [1.82, 2.24) is 10.2 Å². The molecule has 1 saturated heterocycles. The van der Waals surface area contributed by atoms with E-state index in [1.807, 2.05) is 29.2 Å². The lowest BCUT2D eigenvalue weighted by Gasteiger charge is -2.34. The molecule has 1 atom stereocenters. The number of piperazine rings is 1. The molecule has 0 aromatic heterocycles. The summed E-state index contributed by atoms with van der Waals surface area (Å²) in [6.45, 7) is 4.72. The largest absolute Gasteiger partial charge is 0.497 e. The molecule has 0 radical (unpaired) electrons. The first-order chi connectivity index (χ1) is 9.20. The van der Waals surface area contributed by atoms with Gasteiger partial charge in [-0.3, -0.25) is 4.79 Å². The average Bonchev–Trinajstić information content (AvgIpc) is 2.46. The number of carbonyl (C=O) groups is 1. The summed E-state index contributed by atoms with van der Waals surface area (Å²) in [4.78, 5) is 14.2. The van der Waals surface area contributed by atoms with Crippen LogP contribution in [-0.2, 0) is 11.2 Å². The first-order valence-corrected chi connectivity index (χ1v) is 6.84. The van der Waals surface area contributed by atoms with Gasteiger partial charge in [0.1, 0.15) is 5.75 Å². The summed E-state index contributed by atoms with van der Waals surface area (Å²) < 4.78 is 5.12. The zero-order chi connectivity index (χ0) is 13.7. The monoisotopic (exact) mass is 262 g/mol. The van der Waals surface area contributed by atoms with E-state index in [1.54, 1.807) is 7.11 Å². The Labute approximate surface area is 114 Å². The summed E-state index contributed by atoms with van der Waals surface area (Å²) in [6, 6.07) is 8.22. The first-order valence-electron chi connectivity index (χ1n) is 6.84. The lowest BCUT2D eigenvalue weighted by atomic mass is 10.1. The van der Waals surface area contributed by atoms with Crippen LogP contribution in [0.5, 0.6) is 5.75 Å². The highest BCUT2D eigenvalue weighted by molar-refractivity contribution is 5.77. The normalized spacial score (nSPS) is 19.3. The lowest BCUT2D eigenvalue weighted by molar-refractivity contribution is -0.133. The van der Waals surface area contributed by atoms with Crippen molar-refractivity contribution in [1.29, 1.82) is 0 Å². The van der Waals surface area contributed by atoms with E-state index in [2.05, 4.69) is 12.2 Å². The van der Waals surface area contributed by atoms with Crippen molar-refractivity contribution in [3.05, 3.63) is 29.8 Å². The maximum Gasteiger partial charge on any atom is 0.223 e. The second kappa shape index (κ2) is 6.57. The molecule has 0 saturated carbocycles. The fraction of sp³-hybridized carbons (Fsp3) is 0.533. The van der Waals surface area contributed by atoms with Crippen LogP contribution < -0.4 is 10.1 Å². The van der Waals surface area contributed by atoms with Gasteiger partial charge in [0, 0.05) is 32.1 Å². The van der Waals surface area contributed by atoms with Crippen LogP contribution in [0.4, 0.5) is 0 Å². The number of nitrogens with zero attached hydrogens (tertiary/aromatic N) is 1. The Morgan fingerprint density at radius 1 is 1.42 bits per heavy atom. The fourth-order valence-corrected chi connectivity index (χ4v) is 2.40. The van der Waals surface area contributed by atoms with Gasteiger partial charge in [-0.05, 0) is 31.0 Å². The van der Waals surface area contributed by atoms with Crippen molar-refractivity contribution in [3.8, 4) is 5.75 Å². The summed E-state index contributed by atoms with van der Waals surface area (Å²) >= 11 is 0. The minimum atomic E-state index is 0.254. The lowest BCUT2D eigenvalue weighted by Crippen LogP contribution is -2.52. The van der Waals surface area contributed by atoms with Crippen molar-refractivity contribution in [2.75, 3.05) is 26.7 Å². The number of hydrogen-bond donors (Lipinski definition) is 1. The summed E-state index contributed by atoms with van der Waals surface area (Å²) in [7, 11) is 1.66. The van der Waals surface area contributed by atoms with Crippen LogP contribution in [0, 0.1) is 0 Å². The molecular weight excluding hydrogens is 240 g/mol. The van der Waals surface area contributed by atoms with Crippen LogP contribution in [0.1, 0.15) is 18.9 Å². The summed E-state index contributed by atoms with van der Waals surface area (Å²) in [5.74, 6) is 1.11. The second-order valence-corrected chi connectivity index (χ2v) is 4.99. The molecule has 1 amide bonds. The fourth-order valence-electron chi connectivity index (χ4n) is 2.40. The van der Waals surface area contributed by atoms with Crippen LogP contribution in [0.3, 0.4) is 0 Å². The highest BCUT2D eigenvalue weighted by atomic mass is 16.5. The smallest absolute Gasteiger partial charge is 0.223 e. The number of aryl methyl sites for hydroxylation is 1. The molecule has 4 nitrogen and oxygen atoms in total. The standard InChI is InChI=1S/C15H22N2O2/c1-12-11-16-9-10-17(12)15(18)8-5-13-3-6-14(19-2)7-4-13/h3-4,6-7,12,16H,5,8-11H2,1-2H3/t12-/m0/s1. The summed E-state index contributed by atoms with van der Waals surface area (Å²) in [6.07, 6.45) is 1.37. The quantitative estimate of drug-likeness (QED) is 0.893. The Morgan fingerprint density at radius 3 is 2.79 bits per heavy atom. The van der Waals surface area contributed by atoms with E-state index >= 15 is 0 Å². The maximum absolute atomic E-state index is 12.2. The van der Waals surface area contributed by atoms with Crippen molar-refractivity contribution in [2.45, 2.75) is 25.8 Å².